The van der Waals surface area contributed by atoms with E-state index < -0.39 is 5.54 Å². The van der Waals surface area contributed by atoms with E-state index in [0.29, 0.717) is 12.1 Å². The molecule has 0 radical (unpaired) electrons. The second-order valence-electron chi connectivity index (χ2n) is 5.71. The molecule has 0 saturated heterocycles. The molecule has 1 aromatic heterocycles. The minimum absolute atomic E-state index is 0.127. The van der Waals surface area contributed by atoms with Crippen LogP contribution >= 0.6 is 0 Å². The van der Waals surface area contributed by atoms with Gasteiger partial charge in [-0.1, -0.05) is 6.08 Å². The molecule has 1 N–H and O–H groups in total. The van der Waals surface area contributed by atoms with Gasteiger partial charge in [0.15, 0.2) is 0 Å². The van der Waals surface area contributed by atoms with Crippen LogP contribution in [0.25, 0.3) is 0 Å². The van der Waals surface area contributed by atoms with Crippen LogP contribution in [0.4, 0.5) is 0 Å². The van der Waals surface area contributed by atoms with E-state index >= 15 is 0 Å². The van der Waals surface area contributed by atoms with Crippen LogP contribution in [0.15, 0.2) is 37.2 Å². The molecule has 5 nitrogen and oxygen atoms in total. The summed E-state index contributed by atoms with van der Waals surface area (Å²) in [5.74, 6) is -0.323. The van der Waals surface area contributed by atoms with Gasteiger partial charge < -0.3 is 10.2 Å². The molecule has 0 aromatic carbocycles. The lowest BCUT2D eigenvalue weighted by molar-refractivity contribution is -0.130. The van der Waals surface area contributed by atoms with Gasteiger partial charge in [-0.3, -0.25) is 14.6 Å². The molecule has 5 heteroatoms. The van der Waals surface area contributed by atoms with Crippen molar-refractivity contribution in [2.45, 2.75) is 38.3 Å². The summed E-state index contributed by atoms with van der Waals surface area (Å²) in [4.78, 5) is 30.8. The number of rotatable bonds is 6. The first-order valence-electron chi connectivity index (χ1n) is 7.11. The van der Waals surface area contributed by atoms with Crippen LogP contribution in [0, 0.1) is 0 Å². The number of hydrogen-bond acceptors (Lipinski definition) is 3. The Morgan fingerprint density at radius 3 is 2.76 bits per heavy atom. The molecule has 2 rings (SSSR count). The van der Waals surface area contributed by atoms with Gasteiger partial charge in [-0.15, -0.1) is 6.58 Å². The number of pyridine rings is 1. The zero-order valence-electron chi connectivity index (χ0n) is 12.5. The van der Waals surface area contributed by atoms with Crippen LogP contribution in [-0.4, -0.2) is 39.8 Å². The Labute approximate surface area is 125 Å². The van der Waals surface area contributed by atoms with Gasteiger partial charge >= 0.3 is 0 Å². The second kappa shape index (κ2) is 6.08. The summed E-state index contributed by atoms with van der Waals surface area (Å²) < 4.78 is 0. The fourth-order valence-electron chi connectivity index (χ4n) is 2.33. The summed E-state index contributed by atoms with van der Waals surface area (Å²) in [6, 6.07) is 3.58. The van der Waals surface area contributed by atoms with Gasteiger partial charge in [0.25, 0.3) is 5.91 Å². The molecule has 1 fully saturated rings. The predicted molar refractivity (Wildman–Crippen MR) is 80.7 cm³/mol. The van der Waals surface area contributed by atoms with Crippen LogP contribution in [0.2, 0.25) is 0 Å². The van der Waals surface area contributed by atoms with Crippen LogP contribution in [0.3, 0.4) is 0 Å². The lowest BCUT2D eigenvalue weighted by Crippen LogP contribution is -2.58. The first-order valence-corrected chi connectivity index (χ1v) is 7.11. The molecule has 1 saturated carbocycles. The summed E-state index contributed by atoms with van der Waals surface area (Å²) in [6.45, 7) is 7.53. The summed E-state index contributed by atoms with van der Waals surface area (Å²) in [6.07, 6.45) is 6.66. The molecule has 21 heavy (non-hydrogen) atoms. The van der Waals surface area contributed by atoms with Crippen LogP contribution < -0.4 is 5.32 Å². The van der Waals surface area contributed by atoms with Gasteiger partial charge in [-0.25, -0.2) is 0 Å². The summed E-state index contributed by atoms with van der Waals surface area (Å²) >= 11 is 0. The van der Waals surface area contributed by atoms with E-state index in [1.807, 2.05) is 0 Å². The minimum atomic E-state index is -0.906. The van der Waals surface area contributed by atoms with E-state index in [2.05, 4.69) is 16.9 Å². The molecular formula is C16H21N3O2. The van der Waals surface area contributed by atoms with Crippen molar-refractivity contribution in [2.75, 3.05) is 6.54 Å². The van der Waals surface area contributed by atoms with Gasteiger partial charge in [-0.2, -0.15) is 0 Å². The topological polar surface area (TPSA) is 62.3 Å². The van der Waals surface area contributed by atoms with Crippen molar-refractivity contribution >= 4 is 11.8 Å². The van der Waals surface area contributed by atoms with E-state index in [9.17, 15) is 9.59 Å². The van der Waals surface area contributed by atoms with Crippen molar-refractivity contribution in [2.24, 2.45) is 0 Å². The highest BCUT2D eigenvalue weighted by Gasteiger charge is 2.45. The summed E-state index contributed by atoms with van der Waals surface area (Å²) in [5.41, 5.74) is -0.397. The van der Waals surface area contributed by atoms with Crippen LogP contribution in [0.1, 0.15) is 37.0 Å². The Kier molecular flexibility index (Phi) is 4.40. The molecule has 0 unspecified atom stereocenters. The van der Waals surface area contributed by atoms with Gasteiger partial charge in [0.2, 0.25) is 5.91 Å². The molecule has 1 aromatic rings. The summed E-state index contributed by atoms with van der Waals surface area (Å²) in [7, 11) is 0. The Balaban J connectivity index is 2.24. The van der Waals surface area contributed by atoms with Gasteiger partial charge in [0.05, 0.1) is 5.56 Å². The highest BCUT2D eigenvalue weighted by Crippen LogP contribution is 2.34. The third-order valence-electron chi connectivity index (χ3n) is 3.60. The standard InChI is InChI=1S/C16H21N3O2/c1-4-9-18-15(21)16(2,3)19(13-7-8-13)14(20)12-6-5-10-17-11-12/h4-6,10-11,13H,1,7-9H2,2-3H3,(H,18,21). The highest BCUT2D eigenvalue weighted by molar-refractivity contribution is 5.99. The number of carbonyl (C=O) groups excluding carboxylic acids is 2. The number of aromatic nitrogens is 1. The average molecular weight is 287 g/mol. The van der Waals surface area contributed by atoms with Crippen molar-refractivity contribution in [3.05, 3.63) is 42.7 Å². The lowest BCUT2D eigenvalue weighted by Gasteiger charge is -2.37. The minimum Gasteiger partial charge on any atom is -0.351 e. The quantitative estimate of drug-likeness (QED) is 0.811. The largest absolute Gasteiger partial charge is 0.351 e. The molecule has 1 heterocycles. The Morgan fingerprint density at radius 2 is 2.24 bits per heavy atom. The van der Waals surface area contributed by atoms with Crippen molar-refractivity contribution in [1.82, 2.24) is 15.2 Å². The molecule has 112 valence electrons. The van der Waals surface area contributed by atoms with E-state index in [-0.39, 0.29) is 17.9 Å². The predicted octanol–water partition coefficient (Wildman–Crippen LogP) is 1.77. The molecular weight excluding hydrogens is 266 g/mol. The van der Waals surface area contributed by atoms with Crippen LogP contribution in [0.5, 0.6) is 0 Å². The molecule has 1 aliphatic rings. The summed E-state index contributed by atoms with van der Waals surface area (Å²) in [5, 5.41) is 2.78. The van der Waals surface area contributed by atoms with Gasteiger partial charge in [0.1, 0.15) is 5.54 Å². The fraction of sp³-hybridized carbons (Fsp3) is 0.438. The maximum atomic E-state index is 12.7. The number of amides is 2. The molecule has 0 atom stereocenters. The smallest absolute Gasteiger partial charge is 0.256 e. The van der Waals surface area contributed by atoms with E-state index in [0.717, 1.165) is 12.8 Å². The Bertz CT molecular complexity index is 536. The van der Waals surface area contributed by atoms with Crippen molar-refractivity contribution in [3.8, 4) is 0 Å². The van der Waals surface area contributed by atoms with E-state index in [1.165, 1.54) is 6.20 Å². The zero-order chi connectivity index (χ0) is 15.5. The van der Waals surface area contributed by atoms with Crippen molar-refractivity contribution in [1.29, 1.82) is 0 Å². The average Bonchev–Trinajstić information content (AvgIpc) is 3.30. The Hall–Kier alpha value is -2.17. The number of carbonyl (C=O) groups is 2. The molecule has 2 amide bonds. The highest BCUT2D eigenvalue weighted by atomic mass is 16.2. The third kappa shape index (κ3) is 3.29. The zero-order valence-corrected chi connectivity index (χ0v) is 12.5. The number of nitrogens with one attached hydrogen (secondary N) is 1. The van der Waals surface area contributed by atoms with Gasteiger partial charge in [-0.05, 0) is 38.8 Å². The first kappa shape index (κ1) is 15.2. The van der Waals surface area contributed by atoms with Crippen LogP contribution in [-0.2, 0) is 4.79 Å². The van der Waals surface area contributed by atoms with E-state index in [4.69, 9.17) is 0 Å². The normalized spacial score (nSPS) is 14.4. The number of hydrogen-bond donors (Lipinski definition) is 1. The Morgan fingerprint density at radius 1 is 1.52 bits per heavy atom. The van der Waals surface area contributed by atoms with E-state index in [1.54, 1.807) is 43.2 Å². The molecule has 0 bridgehead atoms. The van der Waals surface area contributed by atoms with Crippen molar-refractivity contribution < 1.29 is 9.59 Å². The monoisotopic (exact) mass is 287 g/mol. The first-order chi connectivity index (χ1) is 9.98. The fourth-order valence-corrected chi connectivity index (χ4v) is 2.33. The number of nitrogens with zero attached hydrogens (tertiary/aromatic N) is 2. The third-order valence-corrected chi connectivity index (χ3v) is 3.60. The van der Waals surface area contributed by atoms with Gasteiger partial charge in [0, 0.05) is 25.0 Å². The second-order valence-corrected chi connectivity index (χ2v) is 5.71. The maximum absolute atomic E-state index is 12.7. The maximum Gasteiger partial charge on any atom is 0.256 e. The molecule has 0 spiro atoms. The van der Waals surface area contributed by atoms with Crippen molar-refractivity contribution in [3.63, 3.8) is 0 Å². The molecule has 1 aliphatic carbocycles. The SMILES string of the molecule is C=CCNC(=O)C(C)(C)N(C(=O)c1cccnc1)C1CC1. The molecule has 0 aliphatic heterocycles. The lowest BCUT2D eigenvalue weighted by atomic mass is 9.99.